The van der Waals surface area contributed by atoms with Crippen LogP contribution < -0.4 is 0 Å². The zero-order valence-corrected chi connectivity index (χ0v) is 11.2. The van der Waals surface area contributed by atoms with Crippen molar-refractivity contribution in [1.82, 2.24) is 15.0 Å². The molecule has 1 aromatic carbocycles. The zero-order chi connectivity index (χ0) is 14.8. The molecule has 0 fully saturated rings. The van der Waals surface area contributed by atoms with E-state index in [9.17, 15) is 8.78 Å². The molecule has 0 spiro atoms. The molecule has 3 aromatic rings. The molecule has 3 rings (SSSR count). The van der Waals surface area contributed by atoms with E-state index in [2.05, 4.69) is 15.0 Å². The monoisotopic (exact) mass is 283 g/mol. The van der Waals surface area contributed by atoms with Crippen molar-refractivity contribution < 1.29 is 8.78 Å². The van der Waals surface area contributed by atoms with Crippen molar-refractivity contribution in [2.75, 3.05) is 0 Å². The van der Waals surface area contributed by atoms with Crippen LogP contribution in [0, 0.1) is 18.6 Å². The maximum atomic E-state index is 14.2. The Morgan fingerprint density at radius 3 is 2.10 bits per heavy atom. The number of aryl methyl sites for hydroxylation is 1. The van der Waals surface area contributed by atoms with Crippen molar-refractivity contribution in [3.8, 4) is 22.6 Å². The van der Waals surface area contributed by atoms with Gasteiger partial charge in [-0.15, -0.1) is 0 Å². The molecule has 2 heterocycles. The average Bonchev–Trinajstić information content (AvgIpc) is 2.49. The summed E-state index contributed by atoms with van der Waals surface area (Å²) in [4.78, 5) is 12.4. The minimum Gasteiger partial charge on any atom is -0.252 e. The summed E-state index contributed by atoms with van der Waals surface area (Å²) in [6.07, 6.45) is 4.83. The summed E-state index contributed by atoms with van der Waals surface area (Å²) in [6, 6.07) is 6.85. The van der Waals surface area contributed by atoms with Crippen LogP contribution in [0.4, 0.5) is 8.78 Å². The van der Waals surface area contributed by atoms with Crippen LogP contribution in [-0.2, 0) is 0 Å². The highest BCUT2D eigenvalue weighted by Gasteiger charge is 2.10. The maximum Gasteiger partial charge on any atom is 0.160 e. The zero-order valence-electron chi connectivity index (χ0n) is 11.2. The van der Waals surface area contributed by atoms with Crippen molar-refractivity contribution in [2.24, 2.45) is 0 Å². The van der Waals surface area contributed by atoms with Gasteiger partial charge in [0.2, 0.25) is 0 Å². The van der Waals surface area contributed by atoms with Gasteiger partial charge in [0.25, 0.3) is 0 Å². The molecule has 0 N–H and O–H groups in total. The molecular weight excluding hydrogens is 272 g/mol. The smallest absolute Gasteiger partial charge is 0.160 e. The summed E-state index contributed by atoms with van der Waals surface area (Å²) >= 11 is 0. The first-order chi connectivity index (χ1) is 10.1. The Labute approximate surface area is 120 Å². The molecule has 0 atom stereocenters. The molecule has 0 aliphatic rings. The normalized spacial score (nSPS) is 10.6. The second kappa shape index (κ2) is 5.36. The van der Waals surface area contributed by atoms with E-state index in [0.29, 0.717) is 17.0 Å². The average molecular weight is 283 g/mol. The molecule has 0 amide bonds. The van der Waals surface area contributed by atoms with Crippen molar-refractivity contribution in [2.45, 2.75) is 6.92 Å². The highest BCUT2D eigenvalue weighted by Crippen LogP contribution is 2.24. The van der Waals surface area contributed by atoms with Crippen molar-refractivity contribution in [1.29, 1.82) is 0 Å². The number of hydrogen-bond acceptors (Lipinski definition) is 3. The van der Waals surface area contributed by atoms with E-state index in [4.69, 9.17) is 0 Å². The summed E-state index contributed by atoms with van der Waals surface area (Å²) in [6.45, 7) is 1.88. The fraction of sp³-hybridized carbons (Fsp3) is 0.0625. The van der Waals surface area contributed by atoms with Gasteiger partial charge < -0.3 is 0 Å². The number of aromatic nitrogens is 3. The molecule has 2 aromatic heterocycles. The summed E-state index contributed by atoms with van der Waals surface area (Å²) in [7, 11) is 0. The van der Waals surface area contributed by atoms with Gasteiger partial charge in [0.1, 0.15) is 17.3 Å². The molecule has 0 bridgehead atoms. The third kappa shape index (κ3) is 2.76. The number of nitrogens with zero attached hydrogens (tertiary/aromatic N) is 3. The minimum atomic E-state index is -0.497. The van der Waals surface area contributed by atoms with Crippen LogP contribution in [0.2, 0.25) is 0 Å². The van der Waals surface area contributed by atoms with Crippen LogP contribution in [0.15, 0.2) is 48.9 Å². The van der Waals surface area contributed by atoms with Gasteiger partial charge in [0, 0.05) is 29.7 Å². The van der Waals surface area contributed by atoms with Gasteiger partial charge in [-0.2, -0.15) is 0 Å². The maximum absolute atomic E-state index is 14.2. The van der Waals surface area contributed by atoms with E-state index in [1.54, 1.807) is 12.4 Å². The SMILES string of the molecule is Cc1cnc(-c2cnc(-c3ccc(F)cc3)c(F)c2)nc1. The number of pyridine rings is 1. The molecule has 5 heteroatoms. The predicted molar refractivity (Wildman–Crippen MR) is 75.4 cm³/mol. The van der Waals surface area contributed by atoms with Crippen LogP contribution in [-0.4, -0.2) is 15.0 Å². The summed E-state index contributed by atoms with van der Waals surface area (Å²) in [5.41, 5.74) is 2.12. The molecule has 0 saturated carbocycles. The van der Waals surface area contributed by atoms with Crippen LogP contribution in [0.3, 0.4) is 0 Å². The molecule has 104 valence electrons. The molecule has 0 aliphatic carbocycles. The van der Waals surface area contributed by atoms with Crippen molar-refractivity contribution in [3.05, 3.63) is 66.1 Å². The van der Waals surface area contributed by atoms with Crippen LogP contribution in [0.1, 0.15) is 5.56 Å². The van der Waals surface area contributed by atoms with Crippen LogP contribution in [0.5, 0.6) is 0 Å². The van der Waals surface area contributed by atoms with Gasteiger partial charge >= 0.3 is 0 Å². The summed E-state index contributed by atoms with van der Waals surface area (Å²) in [5.74, 6) is -0.454. The Morgan fingerprint density at radius 1 is 0.810 bits per heavy atom. The molecular formula is C16H11F2N3. The number of halogens is 2. The fourth-order valence-corrected chi connectivity index (χ4v) is 1.92. The largest absolute Gasteiger partial charge is 0.252 e. The lowest BCUT2D eigenvalue weighted by molar-refractivity contribution is 0.623. The van der Waals surface area contributed by atoms with Gasteiger partial charge in [-0.05, 0) is 42.8 Å². The minimum absolute atomic E-state index is 0.172. The Kier molecular flexibility index (Phi) is 3.39. The third-order valence-electron chi connectivity index (χ3n) is 3.00. The lowest BCUT2D eigenvalue weighted by Gasteiger charge is -2.05. The van der Waals surface area contributed by atoms with Gasteiger partial charge in [-0.1, -0.05) is 0 Å². The van der Waals surface area contributed by atoms with Gasteiger partial charge in [0.05, 0.1) is 0 Å². The third-order valence-corrected chi connectivity index (χ3v) is 3.00. The standard InChI is InChI=1S/C16H11F2N3/c1-10-7-20-16(21-8-10)12-6-14(18)15(19-9-12)11-2-4-13(17)5-3-11/h2-9H,1H3. The van der Waals surface area contributed by atoms with E-state index < -0.39 is 5.82 Å². The van der Waals surface area contributed by atoms with E-state index >= 15 is 0 Å². The van der Waals surface area contributed by atoms with Gasteiger partial charge in [-0.3, -0.25) is 4.98 Å². The summed E-state index contributed by atoms with van der Waals surface area (Å²) < 4.78 is 27.1. The Balaban J connectivity index is 1.99. The van der Waals surface area contributed by atoms with E-state index in [-0.39, 0.29) is 11.5 Å². The number of benzene rings is 1. The first-order valence-electron chi connectivity index (χ1n) is 6.34. The Hall–Kier alpha value is -2.69. The quantitative estimate of drug-likeness (QED) is 0.718. The second-order valence-electron chi connectivity index (χ2n) is 4.65. The molecule has 0 aliphatic heterocycles. The van der Waals surface area contributed by atoms with Crippen molar-refractivity contribution in [3.63, 3.8) is 0 Å². The second-order valence-corrected chi connectivity index (χ2v) is 4.65. The Bertz CT molecular complexity index is 769. The molecule has 21 heavy (non-hydrogen) atoms. The number of hydrogen-bond donors (Lipinski definition) is 0. The number of rotatable bonds is 2. The molecule has 0 saturated heterocycles. The van der Waals surface area contributed by atoms with Crippen LogP contribution in [0.25, 0.3) is 22.6 Å². The van der Waals surface area contributed by atoms with Crippen molar-refractivity contribution >= 4 is 0 Å². The van der Waals surface area contributed by atoms with Gasteiger partial charge in [0.15, 0.2) is 5.82 Å². The molecule has 0 unspecified atom stereocenters. The molecule has 0 radical (unpaired) electrons. The van der Waals surface area contributed by atoms with Crippen LogP contribution >= 0.6 is 0 Å². The van der Waals surface area contributed by atoms with Gasteiger partial charge in [-0.25, -0.2) is 18.7 Å². The van der Waals surface area contributed by atoms with E-state index in [0.717, 1.165) is 5.56 Å². The summed E-state index contributed by atoms with van der Waals surface area (Å²) in [5, 5.41) is 0. The first kappa shape index (κ1) is 13.3. The lowest BCUT2D eigenvalue weighted by atomic mass is 10.1. The lowest BCUT2D eigenvalue weighted by Crippen LogP contribution is -1.94. The van der Waals surface area contributed by atoms with E-state index in [1.807, 2.05) is 6.92 Å². The highest BCUT2D eigenvalue weighted by molar-refractivity contribution is 5.63. The fourth-order valence-electron chi connectivity index (χ4n) is 1.92. The molecule has 3 nitrogen and oxygen atoms in total. The first-order valence-corrected chi connectivity index (χ1v) is 6.34. The van der Waals surface area contributed by atoms with E-state index in [1.165, 1.54) is 36.5 Å². The Morgan fingerprint density at radius 2 is 1.48 bits per heavy atom. The topological polar surface area (TPSA) is 38.7 Å². The predicted octanol–water partition coefficient (Wildman–Crippen LogP) is 3.79. The highest BCUT2D eigenvalue weighted by atomic mass is 19.1.